The summed E-state index contributed by atoms with van der Waals surface area (Å²) in [5, 5.41) is 2.51. The van der Waals surface area contributed by atoms with E-state index in [1.54, 1.807) is 12.1 Å². The highest BCUT2D eigenvalue weighted by Gasteiger charge is 2.22. The minimum absolute atomic E-state index is 0.0795. The van der Waals surface area contributed by atoms with Crippen molar-refractivity contribution in [3.8, 4) is 5.75 Å². The number of hydrogen-bond acceptors (Lipinski definition) is 3. The third kappa shape index (κ3) is 5.34. The molecule has 168 valence electrons. The Labute approximate surface area is 200 Å². The van der Waals surface area contributed by atoms with Crippen molar-refractivity contribution in [1.82, 2.24) is 0 Å². The van der Waals surface area contributed by atoms with E-state index in [0.29, 0.717) is 16.0 Å². The zero-order valence-corrected chi connectivity index (χ0v) is 19.9. The van der Waals surface area contributed by atoms with E-state index in [1.807, 2.05) is 30.3 Å². The van der Waals surface area contributed by atoms with E-state index in [-0.39, 0.29) is 23.5 Å². The molecule has 4 aromatic rings. The molecule has 1 aromatic heterocycles. The van der Waals surface area contributed by atoms with Gasteiger partial charge >= 0.3 is 0 Å². The maximum atomic E-state index is 13.9. The fraction of sp³-hybridized carbons (Fsp3) is 0.148. The van der Waals surface area contributed by atoms with E-state index < -0.39 is 11.7 Å². The first-order valence-electron chi connectivity index (χ1n) is 10.5. The molecule has 3 aromatic carbocycles. The minimum atomic E-state index is -0.535. The van der Waals surface area contributed by atoms with Gasteiger partial charge in [-0.15, -0.1) is 0 Å². The molecule has 0 bridgehead atoms. The number of benzene rings is 3. The first-order chi connectivity index (χ1) is 15.8. The molecule has 1 heterocycles. The van der Waals surface area contributed by atoms with Crippen LogP contribution in [0.4, 0.5) is 10.1 Å². The van der Waals surface area contributed by atoms with Crippen molar-refractivity contribution in [2.24, 2.45) is 0 Å². The normalized spacial score (nSPS) is 11.3. The molecular weight excluding hydrogens is 485 g/mol. The van der Waals surface area contributed by atoms with E-state index in [9.17, 15) is 9.18 Å². The summed E-state index contributed by atoms with van der Waals surface area (Å²) in [5.41, 5.74) is 2.37. The Balaban J connectivity index is 1.37. The molecule has 0 spiro atoms. The van der Waals surface area contributed by atoms with Crippen LogP contribution in [0.1, 0.15) is 41.3 Å². The number of anilines is 1. The number of carbonyl (C=O) groups is 1. The lowest BCUT2D eigenvalue weighted by molar-refractivity contribution is 0.0992. The van der Waals surface area contributed by atoms with Gasteiger partial charge in [-0.3, -0.25) is 4.79 Å². The predicted molar refractivity (Wildman–Crippen MR) is 130 cm³/mol. The van der Waals surface area contributed by atoms with E-state index in [1.165, 1.54) is 29.3 Å². The van der Waals surface area contributed by atoms with Crippen LogP contribution < -0.4 is 10.1 Å². The van der Waals surface area contributed by atoms with Crippen molar-refractivity contribution in [2.75, 3.05) is 5.32 Å². The average molecular weight is 508 g/mol. The highest BCUT2D eigenvalue weighted by molar-refractivity contribution is 9.10. The zero-order chi connectivity index (χ0) is 23.4. The van der Waals surface area contributed by atoms with Crippen molar-refractivity contribution in [2.45, 2.75) is 25.9 Å². The number of carbonyl (C=O) groups excluding carboxylic acids is 1. The van der Waals surface area contributed by atoms with E-state index in [2.05, 4.69) is 59.4 Å². The van der Waals surface area contributed by atoms with Crippen molar-refractivity contribution in [3.05, 3.63) is 118 Å². The van der Waals surface area contributed by atoms with Gasteiger partial charge in [-0.2, -0.15) is 0 Å². The Bertz CT molecular complexity index is 1250. The van der Waals surface area contributed by atoms with Gasteiger partial charge in [0.2, 0.25) is 0 Å². The van der Waals surface area contributed by atoms with Crippen LogP contribution in [0, 0.1) is 5.82 Å². The standard InChI is InChI=1S/C27H23BrFNO3/c1-27(2,18-6-4-3-5-7-18)19-8-11-21(12-9-19)32-17-22-13-15-25(33-22)26(31)30-24-14-10-20(28)16-23(24)29/h3-16H,17H2,1-2H3,(H,30,31). The van der Waals surface area contributed by atoms with Crippen molar-refractivity contribution in [3.63, 3.8) is 0 Å². The highest BCUT2D eigenvalue weighted by Crippen LogP contribution is 2.32. The van der Waals surface area contributed by atoms with E-state index >= 15 is 0 Å². The molecule has 0 aliphatic rings. The molecule has 33 heavy (non-hydrogen) atoms. The van der Waals surface area contributed by atoms with Crippen LogP contribution in [-0.4, -0.2) is 5.91 Å². The van der Waals surface area contributed by atoms with Crippen molar-refractivity contribution >= 4 is 27.5 Å². The maximum Gasteiger partial charge on any atom is 0.291 e. The van der Waals surface area contributed by atoms with Gasteiger partial charge in [-0.05, 0) is 53.6 Å². The van der Waals surface area contributed by atoms with Gasteiger partial charge in [0, 0.05) is 9.89 Å². The summed E-state index contributed by atoms with van der Waals surface area (Å²) in [6.45, 7) is 4.54. The molecule has 0 saturated carbocycles. The Kier molecular flexibility index (Phi) is 6.65. The molecule has 0 atom stereocenters. The van der Waals surface area contributed by atoms with Crippen LogP contribution in [0.5, 0.6) is 5.75 Å². The second kappa shape index (κ2) is 9.63. The van der Waals surface area contributed by atoms with Gasteiger partial charge in [-0.25, -0.2) is 4.39 Å². The lowest BCUT2D eigenvalue weighted by atomic mass is 9.78. The van der Waals surface area contributed by atoms with Crippen LogP contribution >= 0.6 is 15.9 Å². The van der Waals surface area contributed by atoms with E-state index in [4.69, 9.17) is 9.15 Å². The summed E-state index contributed by atoms with van der Waals surface area (Å²) >= 11 is 3.19. The third-order valence-electron chi connectivity index (χ3n) is 5.52. The van der Waals surface area contributed by atoms with Crippen LogP contribution in [0.25, 0.3) is 0 Å². The third-order valence-corrected chi connectivity index (χ3v) is 6.01. The fourth-order valence-electron chi connectivity index (χ4n) is 3.50. The largest absolute Gasteiger partial charge is 0.486 e. The van der Waals surface area contributed by atoms with Gasteiger partial charge in [0.1, 0.15) is 23.9 Å². The summed E-state index contributed by atoms with van der Waals surface area (Å²) in [5.74, 6) is 0.199. The summed E-state index contributed by atoms with van der Waals surface area (Å²) < 4.78 is 25.9. The molecule has 1 amide bonds. The van der Waals surface area contributed by atoms with E-state index in [0.717, 1.165) is 0 Å². The summed E-state index contributed by atoms with van der Waals surface area (Å²) in [6, 6.07) is 25.9. The van der Waals surface area contributed by atoms with Crippen LogP contribution in [0.3, 0.4) is 0 Å². The second-order valence-corrected chi connectivity index (χ2v) is 9.06. The van der Waals surface area contributed by atoms with Gasteiger partial charge in [0.05, 0.1) is 5.69 Å². The van der Waals surface area contributed by atoms with Crippen molar-refractivity contribution in [1.29, 1.82) is 0 Å². The van der Waals surface area contributed by atoms with Gasteiger partial charge < -0.3 is 14.5 Å². The monoisotopic (exact) mass is 507 g/mol. The molecule has 6 heteroatoms. The maximum absolute atomic E-state index is 13.9. The lowest BCUT2D eigenvalue weighted by Crippen LogP contribution is -2.18. The second-order valence-electron chi connectivity index (χ2n) is 8.15. The first-order valence-corrected chi connectivity index (χ1v) is 11.3. The quantitative estimate of drug-likeness (QED) is 0.284. The Hall–Kier alpha value is -3.38. The van der Waals surface area contributed by atoms with Crippen LogP contribution in [0.15, 0.2) is 93.8 Å². The number of amides is 1. The average Bonchev–Trinajstić information content (AvgIpc) is 3.30. The molecule has 0 radical (unpaired) electrons. The highest BCUT2D eigenvalue weighted by atomic mass is 79.9. The molecule has 0 aliphatic carbocycles. The summed E-state index contributed by atoms with van der Waals surface area (Å²) in [7, 11) is 0. The SMILES string of the molecule is CC(C)(c1ccccc1)c1ccc(OCc2ccc(C(=O)Nc3ccc(Br)cc3F)o2)cc1. The molecule has 0 saturated heterocycles. The first kappa shape index (κ1) is 22.8. The van der Waals surface area contributed by atoms with Gasteiger partial charge in [0.15, 0.2) is 5.76 Å². The Morgan fingerprint density at radius 3 is 2.36 bits per heavy atom. The number of furan rings is 1. The fourth-order valence-corrected chi connectivity index (χ4v) is 3.83. The Morgan fingerprint density at radius 1 is 0.970 bits per heavy atom. The topological polar surface area (TPSA) is 51.5 Å². The number of hydrogen-bond donors (Lipinski definition) is 1. The van der Waals surface area contributed by atoms with Crippen LogP contribution in [0.2, 0.25) is 0 Å². The molecule has 1 N–H and O–H groups in total. The molecule has 4 nitrogen and oxygen atoms in total. The Morgan fingerprint density at radius 2 is 1.67 bits per heavy atom. The van der Waals surface area contributed by atoms with Gasteiger partial charge in [0.25, 0.3) is 5.91 Å². The number of nitrogens with one attached hydrogen (secondary N) is 1. The summed E-state index contributed by atoms with van der Waals surface area (Å²) in [4.78, 5) is 12.4. The zero-order valence-electron chi connectivity index (χ0n) is 18.3. The predicted octanol–water partition coefficient (Wildman–Crippen LogP) is 7.34. The summed E-state index contributed by atoms with van der Waals surface area (Å²) in [6.07, 6.45) is 0. The minimum Gasteiger partial charge on any atom is -0.486 e. The lowest BCUT2D eigenvalue weighted by Gasteiger charge is -2.26. The molecular formula is C27H23BrFNO3. The number of halogens is 2. The van der Waals surface area contributed by atoms with Gasteiger partial charge in [-0.1, -0.05) is 72.2 Å². The molecule has 4 rings (SSSR count). The molecule has 0 fully saturated rings. The van der Waals surface area contributed by atoms with Crippen molar-refractivity contribution < 1.29 is 18.3 Å². The molecule has 0 unspecified atom stereocenters. The smallest absolute Gasteiger partial charge is 0.291 e. The number of rotatable bonds is 7. The molecule has 0 aliphatic heterocycles. The number of ether oxygens (including phenoxy) is 1. The van der Waals surface area contributed by atoms with Crippen LogP contribution in [-0.2, 0) is 12.0 Å².